The van der Waals surface area contributed by atoms with E-state index >= 15 is 0 Å². The topological polar surface area (TPSA) is 73.3 Å². The Morgan fingerprint density at radius 3 is 2.50 bits per heavy atom. The zero-order chi connectivity index (χ0) is 13.1. The number of carbonyl (C=O) groups excluding carboxylic acids is 1. The van der Waals surface area contributed by atoms with Crippen molar-refractivity contribution in [2.75, 3.05) is 33.4 Å². The predicted octanol–water partition coefficient (Wildman–Crippen LogP) is -1.23. The normalized spacial score (nSPS) is 10.8. The van der Waals surface area contributed by atoms with Gasteiger partial charge in [-0.25, -0.2) is 0 Å². The summed E-state index contributed by atoms with van der Waals surface area (Å²) in [5, 5.41) is 10.1. The van der Waals surface area contributed by atoms with E-state index in [9.17, 15) is 14.9 Å². The Balaban J connectivity index is 0.00000289. The van der Waals surface area contributed by atoms with Gasteiger partial charge >= 0.3 is 5.88 Å². The highest BCUT2D eigenvalue weighted by atomic mass is 127. The number of quaternary nitrogens is 1. The van der Waals surface area contributed by atoms with Crippen LogP contribution in [0.25, 0.3) is 0 Å². The highest BCUT2D eigenvalue weighted by Crippen LogP contribution is 2.20. The summed E-state index contributed by atoms with van der Waals surface area (Å²) < 4.78 is 5.58. The minimum Gasteiger partial charge on any atom is -1.00 e. The summed E-state index contributed by atoms with van der Waals surface area (Å²) in [7, 11) is 6.09. The molecule has 0 aliphatic carbocycles. The predicted molar refractivity (Wildman–Crippen MR) is 65.1 cm³/mol. The second-order valence-corrected chi connectivity index (χ2v) is 5.61. The highest BCUT2D eigenvalue weighted by Gasteiger charge is 2.18. The van der Waals surface area contributed by atoms with E-state index in [4.69, 9.17) is 4.42 Å². The molecule has 102 valence electrons. The van der Waals surface area contributed by atoms with Crippen LogP contribution in [0, 0.1) is 10.1 Å². The maximum absolute atomic E-state index is 11.6. The Hall–Kier alpha value is -0.610. The lowest BCUT2D eigenvalue weighted by Gasteiger charge is -2.23. The van der Waals surface area contributed by atoms with Crippen LogP contribution in [0.5, 0.6) is 0 Å². The number of carbonyl (C=O) groups is 1. The lowest BCUT2D eigenvalue weighted by molar-refractivity contribution is -0.867. The minimum absolute atomic E-state index is 0. The van der Waals surface area contributed by atoms with Crippen molar-refractivity contribution in [3.05, 3.63) is 28.0 Å². The van der Waals surface area contributed by atoms with Crippen molar-refractivity contribution in [1.29, 1.82) is 0 Å². The van der Waals surface area contributed by atoms with Crippen LogP contribution in [-0.2, 0) is 0 Å². The summed E-state index contributed by atoms with van der Waals surface area (Å²) in [5.41, 5.74) is 0. The maximum Gasteiger partial charge on any atom is 0.433 e. The van der Waals surface area contributed by atoms with E-state index in [0.29, 0.717) is 5.75 Å². The first-order valence-electron chi connectivity index (χ1n) is 5.01. The number of rotatable bonds is 5. The molecule has 0 amide bonds. The highest BCUT2D eigenvalue weighted by molar-refractivity contribution is 8.14. The van der Waals surface area contributed by atoms with Crippen LogP contribution in [0.3, 0.4) is 0 Å². The van der Waals surface area contributed by atoms with Crippen molar-refractivity contribution in [2.24, 2.45) is 0 Å². The van der Waals surface area contributed by atoms with E-state index in [1.54, 1.807) is 0 Å². The Bertz CT molecular complexity index is 428. The second kappa shape index (κ2) is 7.10. The molecule has 0 radical (unpaired) electrons. The molecule has 0 atom stereocenters. The Labute approximate surface area is 126 Å². The molecule has 1 aromatic heterocycles. The number of nitro groups is 1. The van der Waals surface area contributed by atoms with Gasteiger partial charge in [-0.15, -0.1) is 0 Å². The molecule has 0 spiro atoms. The Morgan fingerprint density at radius 1 is 1.44 bits per heavy atom. The van der Waals surface area contributed by atoms with E-state index < -0.39 is 10.8 Å². The summed E-state index contributed by atoms with van der Waals surface area (Å²) in [6.07, 6.45) is 0. The number of nitrogens with zero attached hydrogens (tertiary/aromatic N) is 2. The second-order valence-electron chi connectivity index (χ2n) is 4.54. The molecule has 0 saturated carbocycles. The van der Waals surface area contributed by atoms with Gasteiger partial charge in [-0.05, 0) is 6.07 Å². The lowest BCUT2D eigenvalue weighted by atomic mass is 10.5. The smallest absolute Gasteiger partial charge is 0.433 e. The molecule has 0 aromatic carbocycles. The third kappa shape index (κ3) is 5.83. The average Bonchev–Trinajstić information content (AvgIpc) is 2.63. The van der Waals surface area contributed by atoms with Gasteiger partial charge in [0.15, 0.2) is 5.76 Å². The maximum atomic E-state index is 11.6. The fourth-order valence-corrected chi connectivity index (χ4v) is 2.10. The molecule has 1 rings (SSSR count). The van der Waals surface area contributed by atoms with Crippen LogP contribution >= 0.6 is 11.8 Å². The average molecular weight is 386 g/mol. The van der Waals surface area contributed by atoms with E-state index in [1.807, 2.05) is 21.1 Å². The molecule has 8 heteroatoms. The molecule has 0 fully saturated rings. The molecule has 0 bridgehead atoms. The molecule has 0 aliphatic heterocycles. The van der Waals surface area contributed by atoms with E-state index in [0.717, 1.165) is 22.8 Å². The number of hydrogen-bond acceptors (Lipinski definition) is 5. The standard InChI is InChI=1S/C10H15N2O4S.HI/c1-12(2,3)6-7-17-10(13)8-4-5-9(16-8)11(14)15;/h4-5H,6-7H2,1-3H3;1H/q+1;/p-1. The van der Waals surface area contributed by atoms with Crippen LogP contribution < -0.4 is 24.0 Å². The zero-order valence-electron chi connectivity index (χ0n) is 10.4. The van der Waals surface area contributed by atoms with E-state index in [2.05, 4.69) is 0 Å². The van der Waals surface area contributed by atoms with Gasteiger partial charge in [-0.1, -0.05) is 11.8 Å². The quantitative estimate of drug-likeness (QED) is 0.274. The van der Waals surface area contributed by atoms with Crippen molar-refractivity contribution in [3.8, 4) is 0 Å². The summed E-state index contributed by atoms with van der Waals surface area (Å²) in [5.74, 6) is 0.278. The number of thioether (sulfide) groups is 1. The molecule has 1 heterocycles. The molecule has 1 aromatic rings. The Morgan fingerprint density at radius 2 is 2.06 bits per heavy atom. The molecule has 0 unspecified atom stereocenters. The lowest BCUT2D eigenvalue weighted by Crippen LogP contribution is -3.00. The van der Waals surface area contributed by atoms with Crippen molar-refractivity contribution in [2.45, 2.75) is 0 Å². The van der Waals surface area contributed by atoms with Gasteiger partial charge in [0.2, 0.25) is 0 Å². The van der Waals surface area contributed by atoms with Gasteiger partial charge in [0.1, 0.15) is 4.92 Å². The van der Waals surface area contributed by atoms with Crippen LogP contribution in [0.4, 0.5) is 5.88 Å². The summed E-state index contributed by atoms with van der Waals surface area (Å²) in [4.78, 5) is 21.3. The van der Waals surface area contributed by atoms with Gasteiger partial charge < -0.3 is 32.9 Å². The van der Waals surface area contributed by atoms with Crippen molar-refractivity contribution >= 4 is 22.8 Å². The zero-order valence-corrected chi connectivity index (χ0v) is 13.4. The molecular weight excluding hydrogens is 371 g/mol. The van der Waals surface area contributed by atoms with Crippen LogP contribution in [0.2, 0.25) is 0 Å². The molecule has 0 aliphatic rings. The van der Waals surface area contributed by atoms with Crippen LogP contribution in [0.15, 0.2) is 16.5 Å². The van der Waals surface area contributed by atoms with Crippen LogP contribution in [-0.4, -0.2) is 48.0 Å². The number of hydrogen-bond donors (Lipinski definition) is 0. The fourth-order valence-electron chi connectivity index (χ4n) is 1.02. The summed E-state index contributed by atoms with van der Waals surface area (Å²) >= 11 is 1.11. The fraction of sp³-hybridized carbons (Fsp3) is 0.500. The van der Waals surface area contributed by atoms with Gasteiger partial charge in [0.25, 0.3) is 5.12 Å². The molecule has 0 saturated heterocycles. The summed E-state index contributed by atoms with van der Waals surface area (Å²) in [6, 6.07) is 2.52. The monoisotopic (exact) mass is 386 g/mol. The van der Waals surface area contributed by atoms with Gasteiger partial charge in [-0.2, -0.15) is 0 Å². The first-order valence-corrected chi connectivity index (χ1v) is 6.00. The van der Waals surface area contributed by atoms with Gasteiger partial charge in [-0.3, -0.25) is 14.9 Å². The van der Waals surface area contributed by atoms with Gasteiger partial charge in [0, 0.05) is 0 Å². The van der Waals surface area contributed by atoms with Crippen molar-refractivity contribution in [1.82, 2.24) is 0 Å². The van der Waals surface area contributed by atoms with Crippen LogP contribution in [0.1, 0.15) is 10.6 Å². The molecule has 0 N–H and O–H groups in total. The Kier molecular flexibility index (Phi) is 6.86. The molecule has 6 nitrogen and oxygen atoms in total. The van der Waals surface area contributed by atoms with Gasteiger partial charge in [0.05, 0.1) is 39.5 Å². The summed E-state index contributed by atoms with van der Waals surface area (Å²) in [6.45, 7) is 0.833. The first kappa shape index (κ1) is 17.4. The first-order chi connectivity index (χ1) is 7.79. The molecular formula is C10H15IN2O4S. The van der Waals surface area contributed by atoms with Crippen molar-refractivity contribution < 1.29 is 42.6 Å². The largest absolute Gasteiger partial charge is 1.00 e. The number of halogens is 1. The SMILES string of the molecule is C[N+](C)(C)CCSC(=O)c1ccc([N+](=O)[O-])o1.[I-]. The third-order valence-corrected chi connectivity index (χ3v) is 2.82. The van der Waals surface area contributed by atoms with Crippen molar-refractivity contribution in [3.63, 3.8) is 0 Å². The third-order valence-electron chi connectivity index (χ3n) is 1.97. The van der Waals surface area contributed by atoms with E-state index in [-0.39, 0.29) is 34.9 Å². The molecule has 18 heavy (non-hydrogen) atoms. The minimum atomic E-state index is -0.659. The number of furan rings is 1. The van der Waals surface area contributed by atoms with E-state index in [1.165, 1.54) is 12.1 Å².